The van der Waals surface area contributed by atoms with E-state index in [4.69, 9.17) is 4.52 Å². The van der Waals surface area contributed by atoms with Crippen LogP contribution in [0.5, 0.6) is 0 Å². The molecule has 0 fully saturated rings. The number of benzene rings is 2. The van der Waals surface area contributed by atoms with Gasteiger partial charge in [0, 0.05) is 17.7 Å². The lowest BCUT2D eigenvalue weighted by Gasteiger charge is -1.96. The molecule has 0 saturated carbocycles. The van der Waals surface area contributed by atoms with E-state index in [1.165, 1.54) is 18.2 Å². The Morgan fingerprint density at radius 2 is 2.04 bits per heavy atom. The number of rotatable bonds is 4. The summed E-state index contributed by atoms with van der Waals surface area (Å²) in [7, 11) is 0. The molecule has 2 aromatic carbocycles. The Hall–Kier alpha value is -3.79. The van der Waals surface area contributed by atoms with E-state index < -0.39 is 4.92 Å². The number of hydrogen-bond acceptors (Lipinski definition) is 6. The second-order valence-corrected chi connectivity index (χ2v) is 5.31. The van der Waals surface area contributed by atoms with Gasteiger partial charge >= 0.3 is 0 Å². The number of aromatic nitrogens is 2. The third-order valence-corrected chi connectivity index (χ3v) is 3.48. The molecule has 3 aromatic rings. The molecule has 0 N–H and O–H groups in total. The van der Waals surface area contributed by atoms with Crippen LogP contribution in [-0.4, -0.2) is 15.1 Å². The van der Waals surface area contributed by atoms with Crippen LogP contribution >= 0.6 is 0 Å². The van der Waals surface area contributed by atoms with Crippen LogP contribution in [0.15, 0.2) is 53.1 Å². The van der Waals surface area contributed by atoms with Gasteiger partial charge in [-0.25, -0.2) is 0 Å². The third kappa shape index (κ3) is 3.59. The fourth-order valence-corrected chi connectivity index (χ4v) is 2.19. The molecule has 0 saturated heterocycles. The highest BCUT2D eigenvalue weighted by Gasteiger charge is 2.13. The molecule has 0 aliphatic rings. The van der Waals surface area contributed by atoms with Gasteiger partial charge in [0.1, 0.15) is 11.6 Å². The minimum Gasteiger partial charge on any atom is -0.333 e. The van der Waals surface area contributed by atoms with Crippen molar-refractivity contribution < 1.29 is 9.45 Å². The summed E-state index contributed by atoms with van der Waals surface area (Å²) in [5.74, 6) is 0.430. The maximum absolute atomic E-state index is 10.8. The molecular weight excluding hydrogens is 320 g/mol. The van der Waals surface area contributed by atoms with Crippen molar-refractivity contribution >= 4 is 17.3 Å². The Kier molecular flexibility index (Phi) is 4.35. The van der Waals surface area contributed by atoms with Crippen LogP contribution in [0.3, 0.4) is 0 Å². The van der Waals surface area contributed by atoms with Crippen LogP contribution in [0.2, 0.25) is 0 Å². The maximum Gasteiger partial charge on any atom is 0.270 e. The van der Waals surface area contributed by atoms with E-state index >= 15 is 0 Å². The SMILES string of the molecule is Cc1ccc(-c2noc(/C(C#N)=C/c3cccc([N+](=O)[O-])c3)n2)cc1. The monoisotopic (exact) mass is 332 g/mol. The highest BCUT2D eigenvalue weighted by Crippen LogP contribution is 2.22. The van der Waals surface area contributed by atoms with E-state index in [-0.39, 0.29) is 17.2 Å². The zero-order chi connectivity index (χ0) is 17.8. The van der Waals surface area contributed by atoms with Gasteiger partial charge in [-0.05, 0) is 18.6 Å². The minimum atomic E-state index is -0.494. The predicted molar refractivity (Wildman–Crippen MR) is 91.1 cm³/mol. The van der Waals surface area contributed by atoms with Crippen LogP contribution in [0.1, 0.15) is 17.0 Å². The number of allylic oxidation sites excluding steroid dienone is 1. The molecule has 7 nitrogen and oxygen atoms in total. The van der Waals surface area contributed by atoms with Crippen molar-refractivity contribution in [3.05, 3.63) is 75.7 Å². The summed E-state index contributed by atoms with van der Waals surface area (Å²) in [4.78, 5) is 14.6. The normalized spacial score (nSPS) is 11.1. The molecule has 0 amide bonds. The fraction of sp³-hybridized carbons (Fsp3) is 0.0556. The van der Waals surface area contributed by atoms with Gasteiger partial charge in [-0.2, -0.15) is 10.2 Å². The number of nitriles is 1. The lowest BCUT2D eigenvalue weighted by Crippen LogP contribution is -1.88. The number of nitro groups is 1. The molecule has 0 unspecified atom stereocenters. The highest BCUT2D eigenvalue weighted by molar-refractivity contribution is 5.87. The molecule has 0 aliphatic heterocycles. The summed E-state index contributed by atoms with van der Waals surface area (Å²) in [6.45, 7) is 1.97. The van der Waals surface area contributed by atoms with E-state index in [0.717, 1.165) is 11.1 Å². The molecule has 0 spiro atoms. The van der Waals surface area contributed by atoms with Crippen molar-refractivity contribution in [2.24, 2.45) is 0 Å². The number of nitro benzene ring substituents is 1. The first-order valence-corrected chi connectivity index (χ1v) is 7.34. The molecule has 1 heterocycles. The molecule has 0 bridgehead atoms. The lowest BCUT2D eigenvalue weighted by atomic mass is 10.1. The Morgan fingerprint density at radius 1 is 1.28 bits per heavy atom. The van der Waals surface area contributed by atoms with E-state index in [2.05, 4.69) is 10.1 Å². The summed E-state index contributed by atoms with van der Waals surface area (Å²) >= 11 is 0. The van der Waals surface area contributed by atoms with Gasteiger partial charge in [-0.1, -0.05) is 47.1 Å². The van der Waals surface area contributed by atoms with Gasteiger partial charge in [-0.3, -0.25) is 10.1 Å². The number of aryl methyl sites for hydroxylation is 1. The van der Waals surface area contributed by atoms with Crippen LogP contribution < -0.4 is 0 Å². The average molecular weight is 332 g/mol. The average Bonchev–Trinajstić information content (AvgIpc) is 3.10. The Morgan fingerprint density at radius 3 is 2.72 bits per heavy atom. The minimum absolute atomic E-state index is 0.0584. The van der Waals surface area contributed by atoms with Crippen LogP contribution in [0, 0.1) is 28.4 Å². The second kappa shape index (κ2) is 6.76. The molecule has 25 heavy (non-hydrogen) atoms. The molecule has 7 heteroatoms. The smallest absolute Gasteiger partial charge is 0.270 e. The van der Waals surface area contributed by atoms with Crippen molar-refractivity contribution in [1.82, 2.24) is 10.1 Å². The topological polar surface area (TPSA) is 106 Å². The van der Waals surface area contributed by atoms with Crippen LogP contribution in [0.25, 0.3) is 23.0 Å². The van der Waals surface area contributed by atoms with Gasteiger partial charge in [0.25, 0.3) is 11.6 Å². The summed E-state index contributed by atoms with van der Waals surface area (Å²) in [6.07, 6.45) is 1.47. The number of non-ortho nitro benzene ring substituents is 1. The van der Waals surface area contributed by atoms with Crippen molar-refractivity contribution in [1.29, 1.82) is 5.26 Å². The van der Waals surface area contributed by atoms with E-state index in [1.807, 2.05) is 37.3 Å². The number of nitrogens with zero attached hydrogens (tertiary/aromatic N) is 4. The zero-order valence-electron chi connectivity index (χ0n) is 13.2. The van der Waals surface area contributed by atoms with Gasteiger partial charge < -0.3 is 4.52 Å². The largest absolute Gasteiger partial charge is 0.333 e. The maximum atomic E-state index is 10.8. The first-order chi connectivity index (χ1) is 12.1. The Labute approximate surface area is 143 Å². The summed E-state index contributed by atoms with van der Waals surface area (Å²) in [6, 6.07) is 15.5. The quantitative estimate of drug-likeness (QED) is 0.406. The van der Waals surface area contributed by atoms with Gasteiger partial charge in [0.15, 0.2) is 0 Å². The first-order valence-electron chi connectivity index (χ1n) is 7.34. The summed E-state index contributed by atoms with van der Waals surface area (Å²) < 4.78 is 5.17. The predicted octanol–water partition coefficient (Wildman–Crippen LogP) is 4.02. The Bertz CT molecular complexity index is 998. The molecule has 1 aromatic heterocycles. The number of hydrogen-bond donors (Lipinski definition) is 0. The van der Waals surface area contributed by atoms with Gasteiger partial charge in [-0.15, -0.1) is 0 Å². The van der Waals surface area contributed by atoms with Crippen molar-refractivity contribution in [2.45, 2.75) is 6.92 Å². The second-order valence-electron chi connectivity index (χ2n) is 5.31. The molecule has 0 radical (unpaired) electrons. The standard InChI is InChI=1S/C18H12N4O3/c1-12-5-7-14(8-6-12)17-20-18(25-21-17)15(11-19)9-13-3-2-4-16(10-13)22(23)24/h2-10H,1H3/b15-9+. The molecule has 0 atom stereocenters. The molecule has 122 valence electrons. The van der Waals surface area contributed by atoms with Crippen molar-refractivity contribution in [2.75, 3.05) is 0 Å². The lowest BCUT2D eigenvalue weighted by molar-refractivity contribution is -0.384. The highest BCUT2D eigenvalue weighted by atomic mass is 16.6. The molecule has 3 rings (SSSR count). The van der Waals surface area contributed by atoms with Gasteiger partial charge in [0.2, 0.25) is 5.82 Å². The van der Waals surface area contributed by atoms with E-state index in [0.29, 0.717) is 11.4 Å². The van der Waals surface area contributed by atoms with Crippen LogP contribution in [0.4, 0.5) is 5.69 Å². The van der Waals surface area contributed by atoms with Crippen LogP contribution in [-0.2, 0) is 0 Å². The van der Waals surface area contributed by atoms with Crippen molar-refractivity contribution in [3.63, 3.8) is 0 Å². The third-order valence-electron chi connectivity index (χ3n) is 3.48. The van der Waals surface area contributed by atoms with E-state index in [1.54, 1.807) is 12.1 Å². The summed E-state index contributed by atoms with van der Waals surface area (Å²) in [5, 5.41) is 24.1. The summed E-state index contributed by atoms with van der Waals surface area (Å²) in [5.41, 5.74) is 2.45. The zero-order valence-corrected chi connectivity index (χ0v) is 13.2. The Balaban J connectivity index is 1.94. The first kappa shape index (κ1) is 16.1. The van der Waals surface area contributed by atoms with Crippen molar-refractivity contribution in [3.8, 4) is 17.5 Å². The van der Waals surface area contributed by atoms with E-state index in [9.17, 15) is 15.4 Å². The fourth-order valence-electron chi connectivity index (χ4n) is 2.19. The molecular formula is C18H12N4O3. The van der Waals surface area contributed by atoms with Gasteiger partial charge in [0.05, 0.1) is 4.92 Å². The molecule has 0 aliphatic carbocycles.